The van der Waals surface area contributed by atoms with Crippen molar-refractivity contribution in [2.75, 3.05) is 5.75 Å². The molecule has 1 N–H and O–H groups in total. The van der Waals surface area contributed by atoms with E-state index in [1.54, 1.807) is 0 Å². The van der Waals surface area contributed by atoms with E-state index in [9.17, 15) is 9.59 Å². The lowest BCUT2D eigenvalue weighted by molar-refractivity contribution is 0.102. The van der Waals surface area contributed by atoms with Crippen molar-refractivity contribution in [2.45, 2.75) is 45.2 Å². The number of carbonyl (C=O) groups excluding carboxylic acids is 1. The van der Waals surface area contributed by atoms with Crippen LogP contribution in [0.5, 0.6) is 0 Å². The summed E-state index contributed by atoms with van der Waals surface area (Å²) in [5, 5.41) is 12.9. The number of hydrogen-bond donors (Lipinski definition) is 1. The molecule has 2 heterocycles. The number of thioether (sulfide) groups is 1. The summed E-state index contributed by atoms with van der Waals surface area (Å²) in [6.45, 7) is 9.74. The summed E-state index contributed by atoms with van der Waals surface area (Å²) in [4.78, 5) is 27.3. The zero-order valence-corrected chi connectivity index (χ0v) is 16.3. The van der Waals surface area contributed by atoms with Crippen molar-refractivity contribution in [2.24, 2.45) is 0 Å². The topological polar surface area (TPSA) is 93.0 Å². The van der Waals surface area contributed by atoms with Gasteiger partial charge in [-0.25, -0.2) is 0 Å². The molecular weight excluding hydrogens is 350 g/mol. The Labute approximate surface area is 155 Å². The Kier molecular flexibility index (Phi) is 4.70. The molecule has 0 fully saturated rings. The quantitative estimate of drug-likeness (QED) is 0.560. The summed E-state index contributed by atoms with van der Waals surface area (Å²) >= 11 is 1.25. The molecule has 2 aromatic heterocycles. The van der Waals surface area contributed by atoms with Crippen LogP contribution in [0.15, 0.2) is 28.2 Å². The van der Waals surface area contributed by atoms with E-state index < -0.39 is 5.41 Å². The molecule has 0 bridgehead atoms. The van der Waals surface area contributed by atoms with E-state index in [1.807, 2.05) is 52.8 Å². The lowest BCUT2D eigenvalue weighted by Gasteiger charge is -2.15. The highest BCUT2D eigenvalue weighted by Crippen LogP contribution is 2.20. The van der Waals surface area contributed by atoms with Crippen LogP contribution in [0.4, 0.5) is 0 Å². The number of fused-ring (bicyclic) bond motifs is 1. The van der Waals surface area contributed by atoms with E-state index in [0.29, 0.717) is 16.4 Å². The molecule has 8 heteroatoms. The van der Waals surface area contributed by atoms with E-state index in [0.717, 1.165) is 11.1 Å². The Hall–Kier alpha value is -2.48. The summed E-state index contributed by atoms with van der Waals surface area (Å²) in [6.07, 6.45) is 0. The lowest BCUT2D eigenvalue weighted by Crippen LogP contribution is -2.28. The maximum absolute atomic E-state index is 12.5. The molecular formula is C18H21N5O2S. The molecule has 1 aromatic carbocycles. The second-order valence-corrected chi connectivity index (χ2v) is 8.22. The van der Waals surface area contributed by atoms with Crippen molar-refractivity contribution < 1.29 is 4.79 Å². The summed E-state index contributed by atoms with van der Waals surface area (Å²) in [6, 6.07) is 5.68. The molecule has 0 saturated carbocycles. The molecule has 0 aliphatic rings. The van der Waals surface area contributed by atoms with Crippen molar-refractivity contribution in [3.63, 3.8) is 0 Å². The Bertz CT molecular complexity index is 1050. The maximum Gasteiger partial charge on any atom is 0.274 e. The summed E-state index contributed by atoms with van der Waals surface area (Å²) in [5.41, 5.74) is 2.62. The highest BCUT2D eigenvalue weighted by atomic mass is 32.2. The van der Waals surface area contributed by atoms with Gasteiger partial charge in [-0.1, -0.05) is 44.7 Å². The van der Waals surface area contributed by atoms with Crippen LogP contribution in [0.2, 0.25) is 0 Å². The zero-order chi connectivity index (χ0) is 19.1. The third-order valence-electron chi connectivity index (χ3n) is 4.12. The molecule has 7 nitrogen and oxygen atoms in total. The van der Waals surface area contributed by atoms with Gasteiger partial charge in [0.25, 0.3) is 11.3 Å². The first-order valence-electron chi connectivity index (χ1n) is 8.26. The van der Waals surface area contributed by atoms with Crippen molar-refractivity contribution in [3.8, 4) is 0 Å². The fourth-order valence-corrected chi connectivity index (χ4v) is 3.22. The second kappa shape index (κ2) is 6.68. The number of benzene rings is 1. The zero-order valence-electron chi connectivity index (χ0n) is 15.5. The summed E-state index contributed by atoms with van der Waals surface area (Å²) in [7, 11) is 0. The molecule has 0 aliphatic carbocycles. The first kappa shape index (κ1) is 18.3. The van der Waals surface area contributed by atoms with Crippen LogP contribution < -0.4 is 5.56 Å². The third kappa shape index (κ3) is 3.55. The van der Waals surface area contributed by atoms with Gasteiger partial charge in [-0.05, 0) is 31.0 Å². The highest BCUT2D eigenvalue weighted by Gasteiger charge is 2.22. The van der Waals surface area contributed by atoms with E-state index in [4.69, 9.17) is 0 Å². The molecule has 0 atom stereocenters. The van der Waals surface area contributed by atoms with Gasteiger partial charge in [0.15, 0.2) is 5.78 Å². The molecule has 136 valence electrons. The molecule has 3 aromatic rings. The number of ketones is 1. The molecule has 0 radical (unpaired) electrons. The van der Waals surface area contributed by atoms with Crippen LogP contribution in [-0.2, 0) is 5.41 Å². The van der Waals surface area contributed by atoms with Gasteiger partial charge in [0.05, 0.1) is 5.75 Å². The Balaban J connectivity index is 1.86. The van der Waals surface area contributed by atoms with E-state index >= 15 is 0 Å². The number of aromatic nitrogens is 5. The minimum absolute atomic E-state index is 0.00956. The highest BCUT2D eigenvalue weighted by molar-refractivity contribution is 7.99. The first-order valence-corrected chi connectivity index (χ1v) is 9.25. The van der Waals surface area contributed by atoms with Crippen LogP contribution >= 0.6 is 11.8 Å². The van der Waals surface area contributed by atoms with Gasteiger partial charge in [-0.3, -0.25) is 14.6 Å². The molecule has 0 saturated heterocycles. The monoisotopic (exact) mass is 371 g/mol. The van der Waals surface area contributed by atoms with Crippen LogP contribution in [-0.4, -0.2) is 36.3 Å². The number of nitrogens with one attached hydrogen (secondary N) is 1. The van der Waals surface area contributed by atoms with Crippen LogP contribution in [0, 0.1) is 13.8 Å². The van der Waals surface area contributed by atoms with Gasteiger partial charge in [0, 0.05) is 11.0 Å². The normalized spacial score (nSPS) is 11.9. The SMILES string of the molecule is Cc1ccc(C(=O)CSc2nnc3[nH]c(=O)c(C(C)(C)C)nn23)cc1C. The second-order valence-electron chi connectivity index (χ2n) is 7.28. The van der Waals surface area contributed by atoms with Crippen LogP contribution in [0.1, 0.15) is 48.0 Å². The van der Waals surface area contributed by atoms with Crippen molar-refractivity contribution in [1.82, 2.24) is 24.8 Å². The average molecular weight is 371 g/mol. The average Bonchev–Trinajstić information content (AvgIpc) is 2.95. The number of aromatic amines is 1. The van der Waals surface area contributed by atoms with Gasteiger partial charge < -0.3 is 0 Å². The van der Waals surface area contributed by atoms with Crippen molar-refractivity contribution >= 4 is 23.3 Å². The van der Waals surface area contributed by atoms with Crippen molar-refractivity contribution in [1.29, 1.82) is 0 Å². The van der Waals surface area contributed by atoms with E-state index in [1.165, 1.54) is 16.3 Å². The van der Waals surface area contributed by atoms with Gasteiger partial charge in [-0.15, -0.1) is 10.2 Å². The summed E-state index contributed by atoms with van der Waals surface area (Å²) in [5.74, 6) is 0.494. The van der Waals surface area contributed by atoms with Crippen LogP contribution in [0.3, 0.4) is 0 Å². The van der Waals surface area contributed by atoms with Gasteiger partial charge in [0.1, 0.15) is 5.69 Å². The molecule has 0 spiro atoms. The van der Waals surface area contributed by atoms with Gasteiger partial charge in [-0.2, -0.15) is 9.61 Å². The predicted molar refractivity (Wildman–Crippen MR) is 101 cm³/mol. The number of nitrogens with zero attached hydrogens (tertiary/aromatic N) is 4. The number of hydrogen-bond acceptors (Lipinski definition) is 6. The molecule has 0 unspecified atom stereocenters. The molecule has 0 aliphatic heterocycles. The van der Waals surface area contributed by atoms with Crippen molar-refractivity contribution in [3.05, 3.63) is 50.9 Å². The Morgan fingerprint density at radius 2 is 1.92 bits per heavy atom. The van der Waals surface area contributed by atoms with Crippen LogP contribution in [0.25, 0.3) is 5.78 Å². The molecule has 0 amide bonds. The Morgan fingerprint density at radius 3 is 2.58 bits per heavy atom. The smallest absolute Gasteiger partial charge is 0.274 e. The fourth-order valence-electron chi connectivity index (χ4n) is 2.45. The summed E-state index contributed by atoms with van der Waals surface area (Å²) < 4.78 is 1.49. The van der Waals surface area contributed by atoms with E-state index in [2.05, 4.69) is 20.3 Å². The number of H-pyrrole nitrogens is 1. The number of rotatable bonds is 4. The molecule has 26 heavy (non-hydrogen) atoms. The Morgan fingerprint density at radius 1 is 1.19 bits per heavy atom. The maximum atomic E-state index is 12.5. The fraction of sp³-hybridized carbons (Fsp3) is 0.389. The standard InChI is InChI=1S/C18H21N5O2S/c1-10-6-7-12(8-11(10)2)13(24)9-26-17-21-20-16-19-15(25)14(18(3,4)5)22-23(16)17/h6-8H,9H2,1-5H3,(H,19,20,25). The van der Waals surface area contributed by atoms with E-state index in [-0.39, 0.29) is 22.9 Å². The minimum Gasteiger partial charge on any atom is -0.293 e. The first-order chi connectivity index (χ1) is 12.2. The van der Waals surface area contributed by atoms with Gasteiger partial charge in [0.2, 0.25) is 5.16 Å². The molecule has 3 rings (SSSR count). The van der Waals surface area contributed by atoms with Gasteiger partial charge >= 0.3 is 0 Å². The lowest BCUT2D eigenvalue weighted by atomic mass is 9.93. The largest absolute Gasteiger partial charge is 0.293 e. The third-order valence-corrected chi connectivity index (χ3v) is 5.04. The number of aryl methyl sites for hydroxylation is 2. The number of Topliss-reactive ketones (excluding diaryl/α,β-unsaturated/α-hetero) is 1. The predicted octanol–water partition coefficient (Wildman–Crippen LogP) is 2.70. The minimum atomic E-state index is -0.413. The number of carbonyl (C=O) groups is 1.